The van der Waals surface area contributed by atoms with Crippen molar-refractivity contribution in [1.29, 1.82) is 0 Å². The van der Waals surface area contributed by atoms with Gasteiger partial charge in [0.05, 0.1) is 12.1 Å². The minimum absolute atomic E-state index is 0.0678. The lowest BCUT2D eigenvalue weighted by atomic mass is 10.00. The Balaban J connectivity index is 1.58. The van der Waals surface area contributed by atoms with Crippen LogP contribution < -0.4 is 0 Å². The van der Waals surface area contributed by atoms with Gasteiger partial charge in [0, 0.05) is 5.38 Å². The maximum atomic E-state index is 10.8. The summed E-state index contributed by atoms with van der Waals surface area (Å²) in [7, 11) is 0. The van der Waals surface area contributed by atoms with Gasteiger partial charge in [0.2, 0.25) is 0 Å². The summed E-state index contributed by atoms with van der Waals surface area (Å²) in [6, 6.07) is 12.3. The molecule has 0 saturated heterocycles. The fourth-order valence-electron chi connectivity index (χ4n) is 2.82. The fourth-order valence-corrected chi connectivity index (χ4v) is 3.63. The average Bonchev–Trinajstić information content (AvgIpc) is 2.96. The Kier molecular flexibility index (Phi) is 5.48. The number of rotatable bonds is 7. The van der Waals surface area contributed by atoms with Crippen LogP contribution in [0.5, 0.6) is 0 Å². The number of unbranched alkanes of at least 4 members (excludes halogenated alkanes) is 1. The molecular weight excluding hydrogens is 342 g/mol. The van der Waals surface area contributed by atoms with Crippen molar-refractivity contribution in [2.45, 2.75) is 32.1 Å². The summed E-state index contributed by atoms with van der Waals surface area (Å²) < 4.78 is 0.613. The summed E-state index contributed by atoms with van der Waals surface area (Å²) in [5, 5.41) is 13.1. The highest BCUT2D eigenvalue weighted by Crippen LogP contribution is 2.20. The van der Waals surface area contributed by atoms with Gasteiger partial charge in [0.1, 0.15) is 0 Å². The average molecular weight is 360 g/mol. The molecule has 2 aromatic carbocycles. The van der Waals surface area contributed by atoms with Crippen molar-refractivity contribution < 1.29 is 9.90 Å². The predicted octanol–water partition coefficient (Wildman–Crippen LogP) is 5.14. The van der Waals surface area contributed by atoms with Gasteiger partial charge >= 0.3 is 5.97 Å². The van der Waals surface area contributed by atoms with Gasteiger partial charge in [-0.25, -0.2) is 4.98 Å². The number of aliphatic carboxylic acids is 1. The van der Waals surface area contributed by atoms with Crippen molar-refractivity contribution in [3.8, 4) is 0 Å². The number of hydrogen-bond acceptors (Lipinski definition) is 3. The van der Waals surface area contributed by atoms with Crippen LogP contribution in [0.2, 0.25) is 4.47 Å². The standard InChI is InChI=1S/C19H18ClNO2S/c20-19-21-17(12-24-19)4-2-1-3-13-5-7-16-10-14(11-18(22)23)6-8-15(16)9-13/h5-10,12H,1-4,11H2,(H,22,23). The number of aryl methyl sites for hydroxylation is 2. The van der Waals surface area contributed by atoms with Crippen LogP contribution in [0.4, 0.5) is 0 Å². The van der Waals surface area contributed by atoms with Crippen LogP contribution in [0.3, 0.4) is 0 Å². The van der Waals surface area contributed by atoms with Gasteiger partial charge in [-0.15, -0.1) is 11.3 Å². The molecule has 3 rings (SSSR count). The summed E-state index contributed by atoms with van der Waals surface area (Å²) in [5.74, 6) is -0.799. The second-order valence-corrected chi connectivity index (χ2v) is 7.33. The van der Waals surface area contributed by atoms with Gasteiger partial charge in [0.15, 0.2) is 4.47 Å². The van der Waals surface area contributed by atoms with Crippen LogP contribution in [-0.2, 0) is 24.1 Å². The molecule has 0 aliphatic rings. The number of hydrogen-bond donors (Lipinski definition) is 1. The molecule has 124 valence electrons. The molecule has 0 saturated carbocycles. The molecular formula is C19H18ClNO2S. The van der Waals surface area contributed by atoms with Crippen LogP contribution in [0.1, 0.15) is 29.7 Å². The molecule has 0 unspecified atom stereocenters. The van der Waals surface area contributed by atoms with E-state index >= 15 is 0 Å². The number of benzene rings is 2. The molecule has 1 N–H and O–H groups in total. The Bertz CT molecular complexity index is 859. The molecule has 5 heteroatoms. The first kappa shape index (κ1) is 16.9. The van der Waals surface area contributed by atoms with E-state index in [1.807, 2.05) is 23.6 Å². The third kappa shape index (κ3) is 4.56. The van der Waals surface area contributed by atoms with E-state index in [0.29, 0.717) is 4.47 Å². The van der Waals surface area contributed by atoms with Crippen molar-refractivity contribution >= 4 is 39.7 Å². The summed E-state index contributed by atoms with van der Waals surface area (Å²) in [5.41, 5.74) is 3.23. The highest BCUT2D eigenvalue weighted by molar-refractivity contribution is 7.13. The lowest BCUT2D eigenvalue weighted by molar-refractivity contribution is -0.136. The molecule has 0 spiro atoms. The predicted molar refractivity (Wildman–Crippen MR) is 99.1 cm³/mol. The van der Waals surface area contributed by atoms with Gasteiger partial charge in [0.25, 0.3) is 0 Å². The molecule has 1 aromatic heterocycles. The SMILES string of the molecule is O=C(O)Cc1ccc2cc(CCCCc3csc(Cl)n3)ccc2c1. The first-order valence-corrected chi connectivity index (χ1v) is 9.19. The second-order valence-electron chi connectivity index (χ2n) is 5.89. The number of carbonyl (C=O) groups is 1. The van der Waals surface area contributed by atoms with Crippen LogP contribution in [0.15, 0.2) is 41.8 Å². The van der Waals surface area contributed by atoms with E-state index in [1.54, 1.807) is 0 Å². The molecule has 0 radical (unpaired) electrons. The zero-order valence-corrected chi connectivity index (χ0v) is 14.7. The van der Waals surface area contributed by atoms with E-state index < -0.39 is 5.97 Å². The van der Waals surface area contributed by atoms with Crippen molar-refractivity contribution in [2.75, 3.05) is 0 Å². The summed E-state index contributed by atoms with van der Waals surface area (Å²) >= 11 is 7.32. The molecule has 3 nitrogen and oxygen atoms in total. The van der Waals surface area contributed by atoms with E-state index in [0.717, 1.165) is 47.7 Å². The summed E-state index contributed by atoms with van der Waals surface area (Å²) in [6.45, 7) is 0. The van der Waals surface area contributed by atoms with Crippen molar-refractivity contribution in [1.82, 2.24) is 4.98 Å². The molecule has 1 heterocycles. The van der Waals surface area contributed by atoms with Crippen molar-refractivity contribution in [3.05, 3.63) is 63.1 Å². The molecule has 24 heavy (non-hydrogen) atoms. The number of carboxylic acids is 1. The Morgan fingerprint density at radius 1 is 1.04 bits per heavy atom. The first-order chi connectivity index (χ1) is 11.6. The lowest BCUT2D eigenvalue weighted by Crippen LogP contribution is -1.99. The van der Waals surface area contributed by atoms with Crippen LogP contribution in [-0.4, -0.2) is 16.1 Å². The van der Waals surface area contributed by atoms with Crippen molar-refractivity contribution in [2.24, 2.45) is 0 Å². The topological polar surface area (TPSA) is 50.2 Å². The van der Waals surface area contributed by atoms with Gasteiger partial charge in [-0.3, -0.25) is 4.79 Å². The smallest absolute Gasteiger partial charge is 0.307 e. The molecule has 0 fully saturated rings. The number of halogens is 1. The van der Waals surface area contributed by atoms with Gasteiger partial charge in [-0.2, -0.15) is 0 Å². The molecule has 0 amide bonds. The first-order valence-electron chi connectivity index (χ1n) is 7.93. The zero-order chi connectivity index (χ0) is 16.9. The Morgan fingerprint density at radius 3 is 2.38 bits per heavy atom. The molecule has 3 aromatic rings. The van der Waals surface area contributed by atoms with Crippen molar-refractivity contribution in [3.63, 3.8) is 0 Å². The Morgan fingerprint density at radius 2 is 1.71 bits per heavy atom. The molecule has 0 aliphatic carbocycles. The van der Waals surface area contributed by atoms with Gasteiger partial charge in [-0.1, -0.05) is 48.0 Å². The highest BCUT2D eigenvalue weighted by Gasteiger charge is 2.04. The normalized spacial score (nSPS) is 11.0. The van der Waals surface area contributed by atoms with E-state index in [9.17, 15) is 4.79 Å². The molecule has 0 bridgehead atoms. The van der Waals surface area contributed by atoms with E-state index in [-0.39, 0.29) is 6.42 Å². The number of aromatic nitrogens is 1. The molecule has 0 atom stereocenters. The third-order valence-electron chi connectivity index (χ3n) is 4.00. The quantitative estimate of drug-likeness (QED) is 0.594. The maximum Gasteiger partial charge on any atom is 0.307 e. The number of carboxylic acid groups (broad SMARTS) is 1. The number of nitrogens with zero attached hydrogens (tertiary/aromatic N) is 1. The zero-order valence-electron chi connectivity index (χ0n) is 13.2. The Labute approximate surface area is 149 Å². The summed E-state index contributed by atoms with van der Waals surface area (Å²) in [4.78, 5) is 15.1. The highest BCUT2D eigenvalue weighted by atomic mass is 35.5. The summed E-state index contributed by atoms with van der Waals surface area (Å²) in [6.07, 6.45) is 4.27. The minimum atomic E-state index is -0.799. The van der Waals surface area contributed by atoms with Crippen LogP contribution in [0, 0.1) is 0 Å². The Hall–Kier alpha value is -1.91. The largest absolute Gasteiger partial charge is 0.481 e. The second kappa shape index (κ2) is 7.77. The van der Waals surface area contributed by atoms with E-state index in [2.05, 4.69) is 23.2 Å². The fraction of sp³-hybridized carbons (Fsp3) is 0.263. The van der Waals surface area contributed by atoms with Crippen LogP contribution >= 0.6 is 22.9 Å². The van der Waals surface area contributed by atoms with E-state index in [4.69, 9.17) is 16.7 Å². The minimum Gasteiger partial charge on any atom is -0.481 e. The van der Waals surface area contributed by atoms with Gasteiger partial charge < -0.3 is 5.11 Å². The van der Waals surface area contributed by atoms with E-state index in [1.165, 1.54) is 16.9 Å². The number of thiazole rings is 1. The lowest BCUT2D eigenvalue weighted by Gasteiger charge is -2.05. The molecule has 0 aliphatic heterocycles. The maximum absolute atomic E-state index is 10.8. The van der Waals surface area contributed by atoms with Gasteiger partial charge in [-0.05, 0) is 47.6 Å². The van der Waals surface area contributed by atoms with Crippen LogP contribution in [0.25, 0.3) is 10.8 Å². The monoisotopic (exact) mass is 359 g/mol. The number of fused-ring (bicyclic) bond motifs is 1. The third-order valence-corrected chi connectivity index (χ3v) is 5.02.